The van der Waals surface area contributed by atoms with Crippen molar-refractivity contribution in [1.29, 1.82) is 0 Å². The first-order chi connectivity index (χ1) is 8.02. The molecule has 0 aromatic heterocycles. The van der Waals surface area contributed by atoms with E-state index in [0.717, 1.165) is 13.2 Å². The lowest BCUT2D eigenvalue weighted by molar-refractivity contribution is -0.143. The molecule has 1 aliphatic heterocycles. The van der Waals surface area contributed by atoms with Gasteiger partial charge in [0.05, 0.1) is 6.61 Å². The third-order valence-corrected chi connectivity index (χ3v) is 4.62. The fraction of sp³-hybridized carbons (Fsp3) is 1.00. The zero-order chi connectivity index (χ0) is 12.4. The monoisotopic (exact) mass is 239 g/mol. The highest BCUT2D eigenvalue weighted by Gasteiger charge is 2.38. The predicted molar refractivity (Wildman–Crippen MR) is 71.9 cm³/mol. The first-order valence-corrected chi connectivity index (χ1v) is 7.41. The summed E-state index contributed by atoms with van der Waals surface area (Å²) in [6.07, 6.45) is 9.26. The van der Waals surface area contributed by atoms with Crippen molar-refractivity contribution in [2.24, 2.45) is 11.3 Å². The number of hydrogen-bond acceptors (Lipinski definition) is 2. The number of rotatable bonds is 0. The second-order valence-corrected chi connectivity index (χ2v) is 7.02. The van der Waals surface area contributed by atoms with Crippen LogP contribution in [0.4, 0.5) is 0 Å². The summed E-state index contributed by atoms with van der Waals surface area (Å²) >= 11 is 0. The van der Waals surface area contributed by atoms with E-state index in [4.69, 9.17) is 4.74 Å². The summed E-state index contributed by atoms with van der Waals surface area (Å²) in [5.41, 5.74) is 0.387. The quantitative estimate of drug-likeness (QED) is 0.696. The van der Waals surface area contributed by atoms with Crippen LogP contribution in [0.3, 0.4) is 0 Å². The van der Waals surface area contributed by atoms with Gasteiger partial charge in [0, 0.05) is 6.54 Å². The minimum atomic E-state index is 0.0299. The largest absolute Gasteiger partial charge is 0.360 e. The van der Waals surface area contributed by atoms with Crippen molar-refractivity contribution in [2.75, 3.05) is 13.2 Å². The zero-order valence-corrected chi connectivity index (χ0v) is 11.8. The Hall–Kier alpha value is -0.0800. The number of nitrogens with one attached hydrogen (secondary N) is 1. The fourth-order valence-corrected chi connectivity index (χ4v) is 3.03. The van der Waals surface area contributed by atoms with E-state index >= 15 is 0 Å². The van der Waals surface area contributed by atoms with Gasteiger partial charge in [-0.15, -0.1) is 0 Å². The van der Waals surface area contributed by atoms with Gasteiger partial charge < -0.3 is 4.74 Å². The van der Waals surface area contributed by atoms with E-state index < -0.39 is 0 Å². The first-order valence-electron chi connectivity index (χ1n) is 7.41. The lowest BCUT2D eigenvalue weighted by atomic mass is 9.79. The third-order valence-electron chi connectivity index (χ3n) is 4.62. The van der Waals surface area contributed by atoms with Gasteiger partial charge in [-0.1, -0.05) is 40.0 Å². The minimum Gasteiger partial charge on any atom is -0.360 e. The van der Waals surface area contributed by atoms with Crippen molar-refractivity contribution in [1.82, 2.24) is 5.32 Å². The molecule has 17 heavy (non-hydrogen) atoms. The molecule has 2 aliphatic rings. The van der Waals surface area contributed by atoms with Crippen LogP contribution in [0.25, 0.3) is 0 Å². The van der Waals surface area contributed by atoms with Crippen molar-refractivity contribution < 1.29 is 4.74 Å². The summed E-state index contributed by atoms with van der Waals surface area (Å²) in [4.78, 5) is 0. The standard InChI is InChI=1S/C15H29NO/c1-14(2,3)13-11-16-15(17-12-13)9-7-5-4-6-8-10-15/h13,16H,4-12H2,1-3H3. The molecular formula is C15H29NO. The summed E-state index contributed by atoms with van der Waals surface area (Å²) < 4.78 is 6.27. The van der Waals surface area contributed by atoms with Crippen molar-refractivity contribution in [3.05, 3.63) is 0 Å². The van der Waals surface area contributed by atoms with E-state index in [1.165, 1.54) is 44.9 Å². The van der Waals surface area contributed by atoms with Gasteiger partial charge in [0.25, 0.3) is 0 Å². The molecule has 1 spiro atoms. The Labute approximate surface area is 107 Å². The van der Waals surface area contributed by atoms with E-state index in [1.807, 2.05) is 0 Å². The lowest BCUT2D eigenvalue weighted by Crippen LogP contribution is -2.57. The van der Waals surface area contributed by atoms with Crippen LogP contribution in [0.15, 0.2) is 0 Å². The molecule has 1 atom stereocenters. The van der Waals surface area contributed by atoms with Crippen molar-refractivity contribution >= 4 is 0 Å². The number of hydrogen-bond donors (Lipinski definition) is 1. The van der Waals surface area contributed by atoms with E-state index in [2.05, 4.69) is 26.1 Å². The Morgan fingerprint density at radius 1 is 1.00 bits per heavy atom. The van der Waals surface area contributed by atoms with Gasteiger partial charge in [0.1, 0.15) is 5.72 Å². The maximum absolute atomic E-state index is 6.27. The van der Waals surface area contributed by atoms with Crippen LogP contribution >= 0.6 is 0 Å². The van der Waals surface area contributed by atoms with Crippen LogP contribution in [0.2, 0.25) is 0 Å². The molecule has 0 radical (unpaired) electrons. The van der Waals surface area contributed by atoms with Gasteiger partial charge in [-0.2, -0.15) is 0 Å². The van der Waals surface area contributed by atoms with E-state index in [0.29, 0.717) is 11.3 Å². The smallest absolute Gasteiger partial charge is 0.119 e. The van der Waals surface area contributed by atoms with Crippen molar-refractivity contribution in [2.45, 2.75) is 71.4 Å². The molecule has 1 saturated heterocycles. The van der Waals surface area contributed by atoms with Gasteiger partial charge in [-0.3, -0.25) is 5.32 Å². The molecule has 2 heteroatoms. The summed E-state index contributed by atoms with van der Waals surface area (Å²) in [7, 11) is 0. The van der Waals surface area contributed by atoms with Gasteiger partial charge in [0.15, 0.2) is 0 Å². The van der Waals surface area contributed by atoms with E-state index in [9.17, 15) is 0 Å². The maximum atomic E-state index is 6.27. The molecule has 0 amide bonds. The van der Waals surface area contributed by atoms with Crippen LogP contribution in [-0.4, -0.2) is 18.9 Å². The molecule has 100 valence electrons. The molecular weight excluding hydrogens is 210 g/mol. The highest BCUT2D eigenvalue weighted by atomic mass is 16.5. The molecule has 0 bridgehead atoms. The zero-order valence-electron chi connectivity index (χ0n) is 11.8. The van der Waals surface area contributed by atoms with Gasteiger partial charge in [0.2, 0.25) is 0 Å². The minimum absolute atomic E-state index is 0.0299. The average Bonchev–Trinajstić information content (AvgIpc) is 2.24. The van der Waals surface area contributed by atoms with Crippen LogP contribution in [0.5, 0.6) is 0 Å². The summed E-state index contributed by atoms with van der Waals surface area (Å²) in [6, 6.07) is 0. The van der Waals surface area contributed by atoms with E-state index in [-0.39, 0.29) is 5.72 Å². The molecule has 1 unspecified atom stereocenters. The summed E-state index contributed by atoms with van der Waals surface area (Å²) in [5.74, 6) is 0.651. The van der Waals surface area contributed by atoms with Crippen LogP contribution in [-0.2, 0) is 4.74 Å². The van der Waals surface area contributed by atoms with Crippen LogP contribution in [0, 0.1) is 11.3 Å². The van der Waals surface area contributed by atoms with Gasteiger partial charge in [-0.25, -0.2) is 0 Å². The molecule has 2 nitrogen and oxygen atoms in total. The Morgan fingerprint density at radius 3 is 2.06 bits per heavy atom. The highest BCUT2D eigenvalue weighted by molar-refractivity contribution is 4.88. The van der Waals surface area contributed by atoms with Gasteiger partial charge >= 0.3 is 0 Å². The summed E-state index contributed by atoms with van der Waals surface area (Å²) in [6.45, 7) is 9.02. The lowest BCUT2D eigenvalue weighted by Gasteiger charge is -2.45. The Bertz CT molecular complexity index is 226. The maximum Gasteiger partial charge on any atom is 0.119 e. The van der Waals surface area contributed by atoms with Gasteiger partial charge in [-0.05, 0) is 37.0 Å². The van der Waals surface area contributed by atoms with E-state index in [1.54, 1.807) is 0 Å². The number of ether oxygens (including phenoxy) is 1. The molecule has 0 aromatic rings. The first kappa shape index (κ1) is 13.4. The Balaban J connectivity index is 1.91. The molecule has 1 aliphatic carbocycles. The molecule has 1 heterocycles. The fourth-order valence-electron chi connectivity index (χ4n) is 3.03. The third kappa shape index (κ3) is 3.45. The highest BCUT2D eigenvalue weighted by Crippen LogP contribution is 2.35. The Morgan fingerprint density at radius 2 is 1.59 bits per heavy atom. The SMILES string of the molecule is CC(C)(C)C1CNC2(CCCCCCC2)OC1. The molecule has 1 N–H and O–H groups in total. The normalized spacial score (nSPS) is 30.9. The van der Waals surface area contributed by atoms with Crippen LogP contribution < -0.4 is 5.32 Å². The summed E-state index contributed by atoms with van der Waals surface area (Å²) in [5, 5.41) is 3.74. The second kappa shape index (κ2) is 5.27. The topological polar surface area (TPSA) is 21.3 Å². The Kier molecular flexibility index (Phi) is 4.14. The predicted octanol–water partition coefficient (Wildman–Crippen LogP) is 3.71. The van der Waals surface area contributed by atoms with Crippen molar-refractivity contribution in [3.63, 3.8) is 0 Å². The second-order valence-electron chi connectivity index (χ2n) is 7.02. The average molecular weight is 239 g/mol. The molecule has 2 rings (SSSR count). The molecule has 2 fully saturated rings. The van der Waals surface area contributed by atoms with Crippen LogP contribution in [0.1, 0.15) is 65.7 Å². The molecule has 1 saturated carbocycles. The van der Waals surface area contributed by atoms with Crippen molar-refractivity contribution in [3.8, 4) is 0 Å². The molecule has 0 aromatic carbocycles.